The van der Waals surface area contributed by atoms with Crippen LogP contribution in [0.25, 0.3) is 5.69 Å². The molecule has 1 aliphatic heterocycles. The highest BCUT2D eigenvalue weighted by molar-refractivity contribution is 5.90. The minimum absolute atomic E-state index is 0.134. The van der Waals surface area contributed by atoms with Crippen molar-refractivity contribution in [3.8, 4) is 11.4 Å². The monoisotopic (exact) mass is 467 g/mol. The van der Waals surface area contributed by atoms with Gasteiger partial charge in [-0.2, -0.15) is 0 Å². The predicted octanol–water partition coefficient (Wildman–Crippen LogP) is 4.14. The Morgan fingerprint density at radius 1 is 0.886 bits per heavy atom. The van der Waals surface area contributed by atoms with Crippen molar-refractivity contribution in [2.24, 2.45) is 0 Å². The molecule has 2 heterocycles. The summed E-state index contributed by atoms with van der Waals surface area (Å²) in [6, 6.07) is 26.2. The van der Waals surface area contributed by atoms with Crippen LogP contribution < -0.4 is 9.64 Å². The molecule has 1 aromatic heterocycles. The van der Waals surface area contributed by atoms with E-state index in [1.54, 1.807) is 11.8 Å². The molecule has 3 aromatic carbocycles. The molecule has 7 nitrogen and oxygen atoms in total. The Labute approximate surface area is 205 Å². The van der Waals surface area contributed by atoms with Gasteiger partial charge in [0.1, 0.15) is 11.6 Å². The van der Waals surface area contributed by atoms with E-state index in [0.717, 1.165) is 41.6 Å². The van der Waals surface area contributed by atoms with Gasteiger partial charge in [0, 0.05) is 32.6 Å². The normalized spacial score (nSPS) is 13.7. The van der Waals surface area contributed by atoms with Crippen molar-refractivity contribution >= 4 is 11.6 Å². The molecule has 4 aromatic rings. The minimum Gasteiger partial charge on any atom is -0.495 e. The van der Waals surface area contributed by atoms with Gasteiger partial charge in [-0.1, -0.05) is 60.2 Å². The lowest BCUT2D eigenvalue weighted by atomic mass is 10.1. The highest BCUT2D eigenvalue weighted by atomic mass is 16.5. The third-order valence-corrected chi connectivity index (χ3v) is 6.34. The average Bonchev–Trinajstić information content (AvgIpc) is 3.33. The maximum atomic E-state index is 13.4. The van der Waals surface area contributed by atoms with Crippen LogP contribution in [0, 0.1) is 6.92 Å². The van der Waals surface area contributed by atoms with Gasteiger partial charge in [-0.25, -0.2) is 9.67 Å². The summed E-state index contributed by atoms with van der Waals surface area (Å²) in [5, 5.41) is 4.67. The van der Waals surface area contributed by atoms with E-state index in [1.165, 1.54) is 5.56 Å². The van der Waals surface area contributed by atoms with Gasteiger partial charge in [-0.3, -0.25) is 4.79 Å². The molecule has 0 saturated carbocycles. The van der Waals surface area contributed by atoms with Gasteiger partial charge in [0.25, 0.3) is 5.91 Å². The average molecular weight is 468 g/mol. The number of amides is 1. The SMILES string of the molecule is COc1ccccc1N1CCN(C(=O)c2nc(Cc3ccccc3)n(-c3ccc(C)cc3)n2)CC1. The molecule has 0 unspecified atom stereocenters. The molecule has 0 spiro atoms. The molecule has 0 bridgehead atoms. The summed E-state index contributed by atoms with van der Waals surface area (Å²) < 4.78 is 7.31. The fraction of sp³-hybridized carbons (Fsp3) is 0.250. The number of nitrogens with zero attached hydrogens (tertiary/aromatic N) is 5. The molecule has 0 aliphatic carbocycles. The molecule has 178 valence electrons. The first kappa shape index (κ1) is 22.7. The van der Waals surface area contributed by atoms with Gasteiger partial charge >= 0.3 is 0 Å². The summed E-state index contributed by atoms with van der Waals surface area (Å²) in [7, 11) is 1.68. The standard InChI is InChI=1S/C28H29N5O2/c1-21-12-14-23(15-13-21)33-26(20-22-8-4-3-5-9-22)29-27(30-33)28(34)32-18-16-31(17-19-32)24-10-6-7-11-25(24)35-2/h3-15H,16-20H2,1-2H3. The molecule has 0 radical (unpaired) electrons. The van der Waals surface area contributed by atoms with Crippen LogP contribution in [-0.4, -0.2) is 58.9 Å². The first-order valence-corrected chi connectivity index (χ1v) is 11.9. The lowest BCUT2D eigenvalue weighted by molar-refractivity contribution is 0.0734. The Bertz CT molecular complexity index is 1290. The quantitative estimate of drug-likeness (QED) is 0.427. The van der Waals surface area contributed by atoms with Crippen LogP contribution in [0.2, 0.25) is 0 Å². The zero-order valence-corrected chi connectivity index (χ0v) is 20.1. The van der Waals surface area contributed by atoms with Crippen LogP contribution in [0.15, 0.2) is 78.9 Å². The second-order valence-corrected chi connectivity index (χ2v) is 8.71. The maximum Gasteiger partial charge on any atom is 0.293 e. The number of anilines is 1. The van der Waals surface area contributed by atoms with Crippen LogP contribution >= 0.6 is 0 Å². The summed E-state index contributed by atoms with van der Waals surface area (Å²) in [6.45, 7) is 4.70. The summed E-state index contributed by atoms with van der Waals surface area (Å²) >= 11 is 0. The maximum absolute atomic E-state index is 13.4. The summed E-state index contributed by atoms with van der Waals surface area (Å²) in [6.07, 6.45) is 0.594. The Morgan fingerprint density at radius 3 is 2.29 bits per heavy atom. The highest BCUT2D eigenvalue weighted by Gasteiger charge is 2.27. The van der Waals surface area contributed by atoms with E-state index in [-0.39, 0.29) is 11.7 Å². The number of carbonyl (C=O) groups excluding carboxylic acids is 1. The topological polar surface area (TPSA) is 63.5 Å². The van der Waals surface area contributed by atoms with E-state index in [1.807, 2.05) is 65.6 Å². The number of piperazine rings is 1. The Morgan fingerprint density at radius 2 is 1.57 bits per heavy atom. The third-order valence-electron chi connectivity index (χ3n) is 6.34. The molecule has 35 heavy (non-hydrogen) atoms. The van der Waals surface area contributed by atoms with Gasteiger partial charge in [0.15, 0.2) is 0 Å². The number of hydrogen-bond donors (Lipinski definition) is 0. The second-order valence-electron chi connectivity index (χ2n) is 8.71. The van der Waals surface area contributed by atoms with Crippen LogP contribution in [-0.2, 0) is 6.42 Å². The number of methoxy groups -OCH3 is 1. The Hall–Kier alpha value is -4.13. The Balaban J connectivity index is 1.37. The zero-order chi connectivity index (χ0) is 24.2. The number of aromatic nitrogens is 3. The number of ether oxygens (including phenoxy) is 1. The number of benzene rings is 3. The number of carbonyl (C=O) groups is 1. The first-order chi connectivity index (χ1) is 17.1. The minimum atomic E-state index is -0.134. The second kappa shape index (κ2) is 10.0. The van der Waals surface area contributed by atoms with E-state index in [9.17, 15) is 4.79 Å². The largest absolute Gasteiger partial charge is 0.495 e. The van der Waals surface area contributed by atoms with Crippen LogP contribution in [0.4, 0.5) is 5.69 Å². The van der Waals surface area contributed by atoms with Crippen LogP contribution in [0.1, 0.15) is 27.6 Å². The molecule has 5 rings (SSSR count). The van der Waals surface area contributed by atoms with Crippen molar-refractivity contribution in [1.29, 1.82) is 0 Å². The van der Waals surface area contributed by atoms with E-state index in [0.29, 0.717) is 19.5 Å². The Kier molecular flexibility index (Phi) is 6.48. The molecule has 1 fully saturated rings. The lowest BCUT2D eigenvalue weighted by Crippen LogP contribution is -2.49. The van der Waals surface area contributed by atoms with E-state index in [4.69, 9.17) is 9.72 Å². The molecule has 1 saturated heterocycles. The van der Waals surface area contributed by atoms with Crippen molar-refractivity contribution in [2.45, 2.75) is 13.3 Å². The zero-order valence-electron chi connectivity index (χ0n) is 20.1. The number of aryl methyl sites for hydroxylation is 1. The van der Waals surface area contributed by atoms with Gasteiger partial charge in [0.2, 0.25) is 5.82 Å². The third kappa shape index (κ3) is 4.89. The molecular weight excluding hydrogens is 438 g/mol. The number of rotatable bonds is 6. The molecular formula is C28H29N5O2. The van der Waals surface area contributed by atoms with Crippen molar-refractivity contribution in [2.75, 3.05) is 38.2 Å². The molecule has 1 aliphatic rings. The predicted molar refractivity (Wildman–Crippen MR) is 136 cm³/mol. The molecule has 1 amide bonds. The van der Waals surface area contributed by atoms with Crippen molar-refractivity contribution in [3.63, 3.8) is 0 Å². The summed E-state index contributed by atoms with van der Waals surface area (Å²) in [4.78, 5) is 22.2. The smallest absolute Gasteiger partial charge is 0.293 e. The fourth-order valence-corrected chi connectivity index (χ4v) is 4.40. The van der Waals surface area contributed by atoms with Crippen LogP contribution in [0.5, 0.6) is 5.75 Å². The van der Waals surface area contributed by atoms with E-state index in [2.05, 4.69) is 35.1 Å². The lowest BCUT2D eigenvalue weighted by Gasteiger charge is -2.36. The summed E-state index contributed by atoms with van der Waals surface area (Å²) in [5.41, 5.74) is 4.24. The van der Waals surface area contributed by atoms with E-state index < -0.39 is 0 Å². The summed E-state index contributed by atoms with van der Waals surface area (Å²) in [5.74, 6) is 1.69. The number of para-hydroxylation sites is 2. The van der Waals surface area contributed by atoms with Gasteiger partial charge in [0.05, 0.1) is 18.5 Å². The van der Waals surface area contributed by atoms with Gasteiger partial charge in [-0.15, -0.1) is 5.10 Å². The number of hydrogen-bond acceptors (Lipinski definition) is 5. The highest BCUT2D eigenvalue weighted by Crippen LogP contribution is 2.28. The van der Waals surface area contributed by atoms with E-state index >= 15 is 0 Å². The van der Waals surface area contributed by atoms with Crippen molar-refractivity contribution in [3.05, 3.63) is 102 Å². The molecule has 7 heteroatoms. The fourth-order valence-electron chi connectivity index (χ4n) is 4.40. The van der Waals surface area contributed by atoms with Crippen molar-refractivity contribution in [1.82, 2.24) is 19.7 Å². The van der Waals surface area contributed by atoms with Gasteiger partial charge in [-0.05, 0) is 36.8 Å². The first-order valence-electron chi connectivity index (χ1n) is 11.9. The molecule has 0 N–H and O–H groups in total. The van der Waals surface area contributed by atoms with Gasteiger partial charge < -0.3 is 14.5 Å². The molecule has 0 atom stereocenters. The van der Waals surface area contributed by atoms with Crippen molar-refractivity contribution < 1.29 is 9.53 Å². The van der Waals surface area contributed by atoms with Crippen LogP contribution in [0.3, 0.4) is 0 Å².